The summed E-state index contributed by atoms with van der Waals surface area (Å²) in [5, 5.41) is 10.1. The normalized spacial score (nSPS) is 19.8. The van der Waals surface area contributed by atoms with Gasteiger partial charge in [-0.2, -0.15) is 8.78 Å². The first-order valence-electron chi connectivity index (χ1n) is 5.80. The molecule has 0 saturated heterocycles. The third-order valence-electron chi connectivity index (χ3n) is 2.80. The molecule has 108 valence electrons. The van der Waals surface area contributed by atoms with Gasteiger partial charge in [0, 0.05) is 0 Å². The summed E-state index contributed by atoms with van der Waals surface area (Å²) in [5.41, 5.74) is 0.753. The molecule has 8 heteroatoms. The Morgan fingerprint density at radius 3 is 2.84 bits per heavy atom. The first-order chi connectivity index (χ1) is 8.90. The molecule has 0 bridgehead atoms. The quantitative estimate of drug-likeness (QED) is 0.850. The third-order valence-corrected chi connectivity index (χ3v) is 3.98. The second kappa shape index (κ2) is 5.72. The van der Waals surface area contributed by atoms with Crippen molar-refractivity contribution in [2.45, 2.75) is 44.3 Å². The number of fused-ring (bicyclic) bond motifs is 1. The molecule has 19 heavy (non-hydrogen) atoms. The number of aliphatic hydroxyl groups excluding tert-OH is 1. The van der Waals surface area contributed by atoms with Crippen molar-refractivity contribution in [1.29, 1.82) is 0 Å². The van der Waals surface area contributed by atoms with E-state index in [1.807, 2.05) is 0 Å². The lowest BCUT2D eigenvalue weighted by atomic mass is 10.0. The van der Waals surface area contributed by atoms with Gasteiger partial charge in [0.1, 0.15) is 11.6 Å². The molecule has 0 radical (unpaired) electrons. The van der Waals surface area contributed by atoms with Crippen LogP contribution in [0.4, 0.5) is 17.6 Å². The van der Waals surface area contributed by atoms with Crippen molar-refractivity contribution in [1.82, 2.24) is 4.98 Å². The minimum atomic E-state index is -4.14. The topological polar surface area (TPSA) is 42.4 Å². The highest BCUT2D eigenvalue weighted by molar-refractivity contribution is 7.11. The lowest BCUT2D eigenvalue weighted by molar-refractivity contribution is -0.168. The molecule has 0 aliphatic heterocycles. The number of nitrogens with zero attached hydrogens (tertiary/aromatic N) is 1. The number of halogens is 4. The van der Waals surface area contributed by atoms with Crippen LogP contribution in [0.15, 0.2) is 0 Å². The zero-order chi connectivity index (χ0) is 14.0. The summed E-state index contributed by atoms with van der Waals surface area (Å²) in [6.07, 6.45) is -2.10. The van der Waals surface area contributed by atoms with E-state index >= 15 is 0 Å². The standard InChI is InChI=1S/C11H13F4NO2S/c12-10(13)11(14,15)5-18-4-8-16-6-2-1-3-7(17)9(6)19-8/h7,10,17H,1-5H2. The van der Waals surface area contributed by atoms with Gasteiger partial charge in [-0.25, -0.2) is 13.8 Å². The van der Waals surface area contributed by atoms with Gasteiger partial charge in [0.2, 0.25) is 0 Å². The fourth-order valence-electron chi connectivity index (χ4n) is 1.85. The number of aliphatic hydroxyl groups is 1. The molecule has 1 atom stereocenters. The Hall–Kier alpha value is -0.730. The fourth-order valence-corrected chi connectivity index (χ4v) is 2.92. The van der Waals surface area contributed by atoms with Crippen molar-refractivity contribution >= 4 is 11.3 Å². The Labute approximate surface area is 111 Å². The maximum atomic E-state index is 12.6. The Balaban J connectivity index is 1.91. The number of ether oxygens (including phenoxy) is 1. The zero-order valence-corrected chi connectivity index (χ0v) is 10.7. The molecule has 0 aromatic carbocycles. The highest BCUT2D eigenvalue weighted by Crippen LogP contribution is 2.34. The molecule has 0 fully saturated rings. The first-order valence-corrected chi connectivity index (χ1v) is 6.62. The summed E-state index contributed by atoms with van der Waals surface area (Å²) < 4.78 is 53.6. The molecule has 1 aliphatic carbocycles. The van der Waals surface area contributed by atoms with Crippen LogP contribution in [0.2, 0.25) is 0 Å². The monoisotopic (exact) mass is 299 g/mol. The van der Waals surface area contributed by atoms with Crippen molar-refractivity contribution in [3.63, 3.8) is 0 Å². The maximum Gasteiger partial charge on any atom is 0.330 e. The zero-order valence-electron chi connectivity index (χ0n) is 9.91. The fraction of sp³-hybridized carbons (Fsp3) is 0.727. The van der Waals surface area contributed by atoms with Gasteiger partial charge in [-0.05, 0) is 19.3 Å². The molecule has 1 heterocycles. The van der Waals surface area contributed by atoms with Crippen LogP contribution >= 0.6 is 11.3 Å². The van der Waals surface area contributed by atoms with E-state index in [0.29, 0.717) is 11.4 Å². The number of hydrogen-bond acceptors (Lipinski definition) is 4. The second-order valence-electron chi connectivity index (χ2n) is 4.38. The van der Waals surface area contributed by atoms with Gasteiger partial charge in [-0.3, -0.25) is 0 Å². The van der Waals surface area contributed by atoms with Crippen molar-refractivity contribution < 1.29 is 27.4 Å². The second-order valence-corrected chi connectivity index (χ2v) is 5.50. The molecule has 1 aromatic heterocycles. The minimum absolute atomic E-state index is 0.243. The summed E-state index contributed by atoms with van der Waals surface area (Å²) in [7, 11) is 0. The van der Waals surface area contributed by atoms with Gasteiger partial charge in [-0.1, -0.05) is 0 Å². The van der Waals surface area contributed by atoms with Crippen LogP contribution in [0.1, 0.15) is 34.5 Å². The largest absolute Gasteiger partial charge is 0.388 e. The number of aryl methyl sites for hydroxylation is 1. The highest BCUT2D eigenvalue weighted by atomic mass is 32.1. The average Bonchev–Trinajstić information content (AvgIpc) is 2.73. The minimum Gasteiger partial charge on any atom is -0.388 e. The lowest BCUT2D eigenvalue weighted by Crippen LogP contribution is -2.32. The van der Waals surface area contributed by atoms with Crippen LogP contribution in [0, 0.1) is 0 Å². The summed E-state index contributed by atoms with van der Waals surface area (Å²) in [4.78, 5) is 4.89. The van der Waals surface area contributed by atoms with E-state index in [4.69, 9.17) is 0 Å². The van der Waals surface area contributed by atoms with E-state index in [2.05, 4.69) is 9.72 Å². The predicted molar refractivity (Wildman–Crippen MR) is 60.6 cm³/mol. The third kappa shape index (κ3) is 3.43. The van der Waals surface area contributed by atoms with Gasteiger partial charge in [0.15, 0.2) is 0 Å². The molecule has 3 nitrogen and oxygen atoms in total. The van der Waals surface area contributed by atoms with Crippen LogP contribution in [0.3, 0.4) is 0 Å². The highest BCUT2D eigenvalue weighted by Gasteiger charge is 2.41. The maximum absolute atomic E-state index is 12.6. The Morgan fingerprint density at radius 1 is 1.47 bits per heavy atom. The molecule has 0 saturated carbocycles. The molecule has 1 aliphatic rings. The number of alkyl halides is 4. The number of hydrogen-bond donors (Lipinski definition) is 1. The molecule has 1 N–H and O–H groups in total. The number of thiazole rings is 1. The molecular weight excluding hydrogens is 286 g/mol. The summed E-state index contributed by atoms with van der Waals surface area (Å²) in [5.74, 6) is -4.14. The van der Waals surface area contributed by atoms with Crippen molar-refractivity contribution in [3.05, 3.63) is 15.6 Å². The van der Waals surface area contributed by atoms with Crippen LogP contribution < -0.4 is 0 Å². The van der Waals surface area contributed by atoms with Crippen molar-refractivity contribution in [3.8, 4) is 0 Å². The summed E-state index contributed by atoms with van der Waals surface area (Å²) in [6.45, 7) is -1.58. The first kappa shape index (κ1) is 14.7. The van der Waals surface area contributed by atoms with Crippen molar-refractivity contribution in [2.24, 2.45) is 0 Å². The smallest absolute Gasteiger partial charge is 0.330 e. The van der Waals surface area contributed by atoms with E-state index in [0.717, 1.165) is 23.4 Å². The van der Waals surface area contributed by atoms with E-state index in [9.17, 15) is 22.7 Å². The van der Waals surface area contributed by atoms with Gasteiger partial charge in [0.05, 0.1) is 23.3 Å². The molecule has 0 amide bonds. The van der Waals surface area contributed by atoms with Crippen LogP contribution in [-0.2, 0) is 17.8 Å². The van der Waals surface area contributed by atoms with E-state index < -0.39 is 25.1 Å². The Kier molecular flexibility index (Phi) is 4.42. The molecule has 1 aromatic rings. The number of aromatic nitrogens is 1. The molecule has 2 rings (SSSR count). The summed E-state index contributed by atoms with van der Waals surface area (Å²) >= 11 is 1.18. The van der Waals surface area contributed by atoms with E-state index in [-0.39, 0.29) is 6.61 Å². The van der Waals surface area contributed by atoms with Crippen LogP contribution in [0.25, 0.3) is 0 Å². The Morgan fingerprint density at radius 2 is 2.21 bits per heavy atom. The predicted octanol–water partition coefficient (Wildman–Crippen LogP) is 2.93. The van der Waals surface area contributed by atoms with Gasteiger partial charge < -0.3 is 9.84 Å². The SMILES string of the molecule is OC1CCCc2nc(COCC(F)(F)C(F)F)sc21. The van der Waals surface area contributed by atoms with Gasteiger partial charge in [-0.15, -0.1) is 11.3 Å². The van der Waals surface area contributed by atoms with Crippen LogP contribution in [-0.4, -0.2) is 29.0 Å². The molecule has 1 unspecified atom stereocenters. The average molecular weight is 299 g/mol. The van der Waals surface area contributed by atoms with E-state index in [1.54, 1.807) is 0 Å². The molecular formula is C11H13F4NO2S. The van der Waals surface area contributed by atoms with Crippen molar-refractivity contribution in [2.75, 3.05) is 6.61 Å². The summed E-state index contributed by atoms with van der Waals surface area (Å²) in [6, 6.07) is 0. The Bertz CT molecular complexity index is 438. The van der Waals surface area contributed by atoms with Gasteiger partial charge >= 0.3 is 12.3 Å². The lowest BCUT2D eigenvalue weighted by Gasteiger charge is -2.14. The van der Waals surface area contributed by atoms with Crippen LogP contribution in [0.5, 0.6) is 0 Å². The van der Waals surface area contributed by atoms with Gasteiger partial charge in [0.25, 0.3) is 0 Å². The van der Waals surface area contributed by atoms with E-state index in [1.165, 1.54) is 11.3 Å². The molecule has 0 spiro atoms. The number of rotatable bonds is 5.